The molecule has 0 aromatic heterocycles. The highest BCUT2D eigenvalue weighted by Crippen LogP contribution is 2.28. The molecule has 1 N–H and O–H groups in total. The normalized spacial score (nSPS) is 11.8. The minimum Gasteiger partial charge on any atom is -0.481 e. The second kappa shape index (κ2) is 10.7. The molecule has 0 saturated heterocycles. The van der Waals surface area contributed by atoms with Crippen LogP contribution < -0.4 is 10.1 Å². The highest BCUT2D eigenvalue weighted by molar-refractivity contribution is 7.98. The zero-order valence-electron chi connectivity index (χ0n) is 14.9. The highest BCUT2D eigenvalue weighted by Gasteiger charge is 2.15. The van der Waals surface area contributed by atoms with Crippen LogP contribution in [0.1, 0.15) is 25.0 Å². The number of carbonyl (C=O) groups is 1. The summed E-state index contributed by atoms with van der Waals surface area (Å²) in [5.74, 6) is 2.13. The van der Waals surface area contributed by atoms with Gasteiger partial charge >= 0.3 is 0 Å². The number of ether oxygens (including phenoxy) is 1. The average Bonchev–Trinajstić information content (AvgIpc) is 2.63. The molecule has 0 fully saturated rings. The van der Waals surface area contributed by atoms with Gasteiger partial charge in [0, 0.05) is 28.1 Å². The van der Waals surface area contributed by atoms with Crippen LogP contribution in [0.5, 0.6) is 5.75 Å². The lowest BCUT2D eigenvalue weighted by Crippen LogP contribution is -2.37. The molecular formula is C20H23Cl2NO2S. The predicted octanol–water partition coefficient (Wildman–Crippen LogP) is 5.37. The molecule has 0 spiro atoms. The molecule has 0 saturated carbocycles. The van der Waals surface area contributed by atoms with Crippen LogP contribution in [0.3, 0.4) is 0 Å². The molecule has 1 amide bonds. The van der Waals surface area contributed by atoms with Gasteiger partial charge in [0.25, 0.3) is 5.91 Å². The summed E-state index contributed by atoms with van der Waals surface area (Å²) in [6, 6.07) is 13.3. The number of nitrogens with one attached hydrogen (secondary N) is 1. The number of aryl methyl sites for hydroxylation is 1. The van der Waals surface area contributed by atoms with Crippen LogP contribution >= 0.6 is 35.0 Å². The van der Waals surface area contributed by atoms with E-state index in [0.717, 1.165) is 29.1 Å². The van der Waals surface area contributed by atoms with Gasteiger partial charge in [-0.2, -0.15) is 11.8 Å². The highest BCUT2D eigenvalue weighted by atomic mass is 35.5. The van der Waals surface area contributed by atoms with E-state index in [0.29, 0.717) is 22.3 Å². The van der Waals surface area contributed by atoms with Gasteiger partial charge in [0.1, 0.15) is 5.75 Å². The summed E-state index contributed by atoms with van der Waals surface area (Å²) >= 11 is 14.0. The maximum Gasteiger partial charge on any atom is 0.260 e. The van der Waals surface area contributed by atoms with E-state index < -0.39 is 6.10 Å². The molecule has 0 heterocycles. The van der Waals surface area contributed by atoms with Crippen molar-refractivity contribution < 1.29 is 9.53 Å². The van der Waals surface area contributed by atoms with E-state index >= 15 is 0 Å². The maximum atomic E-state index is 12.2. The van der Waals surface area contributed by atoms with Crippen molar-refractivity contribution in [3.8, 4) is 5.75 Å². The minimum absolute atomic E-state index is 0.118. The van der Waals surface area contributed by atoms with E-state index in [9.17, 15) is 4.79 Å². The molecule has 2 aromatic rings. The summed E-state index contributed by atoms with van der Waals surface area (Å²) in [7, 11) is 0. The van der Waals surface area contributed by atoms with Crippen LogP contribution in [0.2, 0.25) is 10.0 Å². The number of rotatable bonds is 9. The van der Waals surface area contributed by atoms with Gasteiger partial charge in [-0.05, 0) is 42.7 Å². The number of amides is 1. The van der Waals surface area contributed by atoms with E-state index in [1.807, 2.05) is 42.5 Å². The van der Waals surface area contributed by atoms with Crippen molar-refractivity contribution >= 4 is 40.9 Å². The number of carbonyl (C=O) groups excluding carboxylic acids is 1. The van der Waals surface area contributed by atoms with Crippen molar-refractivity contribution in [3.05, 3.63) is 63.6 Å². The third-order valence-electron chi connectivity index (χ3n) is 3.88. The minimum atomic E-state index is -0.536. The molecule has 3 nitrogen and oxygen atoms in total. The second-order valence-electron chi connectivity index (χ2n) is 5.77. The van der Waals surface area contributed by atoms with Crippen molar-refractivity contribution in [3.63, 3.8) is 0 Å². The SMILES string of the molecule is CCc1ccccc1OC(C)C(=O)NCCSCc1c(Cl)cccc1Cl. The van der Waals surface area contributed by atoms with Gasteiger partial charge in [0.05, 0.1) is 0 Å². The molecule has 0 bridgehead atoms. The van der Waals surface area contributed by atoms with Crippen LogP contribution in [0.4, 0.5) is 0 Å². The van der Waals surface area contributed by atoms with E-state index in [1.165, 1.54) is 0 Å². The van der Waals surface area contributed by atoms with Crippen LogP contribution in [0.15, 0.2) is 42.5 Å². The monoisotopic (exact) mass is 411 g/mol. The van der Waals surface area contributed by atoms with Crippen LogP contribution in [0, 0.1) is 0 Å². The summed E-state index contributed by atoms with van der Waals surface area (Å²) in [6.07, 6.45) is 0.330. The smallest absolute Gasteiger partial charge is 0.260 e. The van der Waals surface area contributed by atoms with Crippen LogP contribution in [0.25, 0.3) is 0 Å². The molecule has 140 valence electrons. The molecular weight excluding hydrogens is 389 g/mol. The first kappa shape index (κ1) is 20.9. The number of halogens is 2. The summed E-state index contributed by atoms with van der Waals surface area (Å²) in [6.45, 7) is 4.39. The Balaban J connectivity index is 1.73. The summed E-state index contributed by atoms with van der Waals surface area (Å²) in [5, 5.41) is 4.25. The average molecular weight is 412 g/mol. The Morgan fingerprint density at radius 3 is 2.54 bits per heavy atom. The third-order valence-corrected chi connectivity index (χ3v) is 5.57. The van der Waals surface area contributed by atoms with E-state index in [1.54, 1.807) is 18.7 Å². The van der Waals surface area contributed by atoms with Crippen LogP contribution in [-0.4, -0.2) is 24.3 Å². The van der Waals surface area contributed by atoms with Crippen molar-refractivity contribution in [1.29, 1.82) is 0 Å². The van der Waals surface area contributed by atoms with Gasteiger partial charge < -0.3 is 10.1 Å². The van der Waals surface area contributed by atoms with E-state index in [2.05, 4.69) is 12.2 Å². The molecule has 0 radical (unpaired) electrons. The summed E-state index contributed by atoms with van der Waals surface area (Å²) in [5.41, 5.74) is 2.03. The standard InChI is InChI=1S/C20H23Cl2NO2S/c1-3-15-7-4-5-10-19(15)25-14(2)20(24)23-11-12-26-13-16-17(21)8-6-9-18(16)22/h4-10,14H,3,11-13H2,1-2H3,(H,23,24). The second-order valence-corrected chi connectivity index (χ2v) is 7.68. The summed E-state index contributed by atoms with van der Waals surface area (Å²) in [4.78, 5) is 12.2. The van der Waals surface area contributed by atoms with Gasteiger partial charge in [0.2, 0.25) is 0 Å². The molecule has 26 heavy (non-hydrogen) atoms. The lowest BCUT2D eigenvalue weighted by molar-refractivity contribution is -0.127. The van der Waals surface area contributed by atoms with Gasteiger partial charge in [-0.1, -0.05) is 54.4 Å². The Kier molecular flexibility index (Phi) is 8.63. The Bertz CT molecular complexity index is 719. The molecule has 2 rings (SSSR count). The van der Waals surface area contributed by atoms with Crippen LogP contribution in [-0.2, 0) is 17.0 Å². The first-order valence-corrected chi connectivity index (χ1v) is 10.5. The fourth-order valence-electron chi connectivity index (χ4n) is 2.39. The summed E-state index contributed by atoms with van der Waals surface area (Å²) < 4.78 is 5.80. The maximum absolute atomic E-state index is 12.2. The van der Waals surface area contributed by atoms with Crippen molar-refractivity contribution in [2.75, 3.05) is 12.3 Å². The Labute approximate surface area is 169 Å². The van der Waals surface area contributed by atoms with Gasteiger partial charge in [-0.25, -0.2) is 0 Å². The van der Waals surface area contributed by atoms with Gasteiger partial charge in [-0.15, -0.1) is 0 Å². The number of para-hydroxylation sites is 1. The third kappa shape index (κ3) is 6.11. The lowest BCUT2D eigenvalue weighted by Gasteiger charge is -2.17. The molecule has 2 aromatic carbocycles. The molecule has 0 aliphatic carbocycles. The van der Waals surface area contributed by atoms with E-state index in [4.69, 9.17) is 27.9 Å². The molecule has 6 heteroatoms. The quantitative estimate of drug-likeness (QED) is 0.563. The van der Waals surface area contributed by atoms with Crippen molar-refractivity contribution in [2.24, 2.45) is 0 Å². The first-order valence-electron chi connectivity index (χ1n) is 8.55. The Morgan fingerprint density at radius 2 is 1.85 bits per heavy atom. The zero-order valence-corrected chi connectivity index (χ0v) is 17.3. The first-order chi connectivity index (χ1) is 12.5. The predicted molar refractivity (Wildman–Crippen MR) is 112 cm³/mol. The lowest BCUT2D eigenvalue weighted by atomic mass is 10.1. The molecule has 1 unspecified atom stereocenters. The fourth-order valence-corrected chi connectivity index (χ4v) is 3.98. The largest absolute Gasteiger partial charge is 0.481 e. The molecule has 1 atom stereocenters. The zero-order chi connectivity index (χ0) is 18.9. The fraction of sp³-hybridized carbons (Fsp3) is 0.350. The Morgan fingerprint density at radius 1 is 1.15 bits per heavy atom. The molecule has 0 aliphatic rings. The van der Waals surface area contributed by atoms with Crippen molar-refractivity contribution in [2.45, 2.75) is 32.1 Å². The topological polar surface area (TPSA) is 38.3 Å². The number of hydrogen-bond acceptors (Lipinski definition) is 3. The van der Waals surface area contributed by atoms with Crippen molar-refractivity contribution in [1.82, 2.24) is 5.32 Å². The van der Waals surface area contributed by atoms with Gasteiger partial charge in [0.15, 0.2) is 6.10 Å². The van der Waals surface area contributed by atoms with E-state index in [-0.39, 0.29) is 5.91 Å². The number of benzene rings is 2. The molecule has 0 aliphatic heterocycles. The Hall–Kier alpha value is -1.36. The van der Waals surface area contributed by atoms with Gasteiger partial charge in [-0.3, -0.25) is 4.79 Å². The number of hydrogen-bond donors (Lipinski definition) is 1. The number of thioether (sulfide) groups is 1.